The fourth-order valence-corrected chi connectivity index (χ4v) is 1.46. The van der Waals surface area contributed by atoms with Gasteiger partial charge in [-0.3, -0.25) is 0 Å². The lowest BCUT2D eigenvalue weighted by Crippen LogP contribution is -2.17. The third-order valence-corrected chi connectivity index (χ3v) is 2.44. The Morgan fingerprint density at radius 3 is 2.87 bits per heavy atom. The zero-order valence-electron chi connectivity index (χ0n) is 9.23. The molecule has 0 atom stereocenters. The highest BCUT2D eigenvalue weighted by molar-refractivity contribution is 5.87. The highest BCUT2D eigenvalue weighted by Gasteiger charge is 2.07. The fourth-order valence-electron chi connectivity index (χ4n) is 1.46. The standard InChI is InChI=1S/C11H14N4/c1-4-15(3)11-10-9(5-6-12-11)7-13-8(2)14-10/h5-7H,4H2,1-3H3. The molecule has 4 nitrogen and oxygen atoms in total. The normalized spacial score (nSPS) is 10.6. The van der Waals surface area contributed by atoms with E-state index in [1.165, 1.54) is 0 Å². The van der Waals surface area contributed by atoms with Crippen LogP contribution in [0.3, 0.4) is 0 Å². The van der Waals surface area contributed by atoms with Crippen molar-refractivity contribution in [2.24, 2.45) is 0 Å². The van der Waals surface area contributed by atoms with Crippen LogP contribution in [0, 0.1) is 6.92 Å². The average molecular weight is 202 g/mol. The first kappa shape index (κ1) is 9.83. The first-order valence-electron chi connectivity index (χ1n) is 5.02. The number of hydrogen-bond donors (Lipinski definition) is 0. The van der Waals surface area contributed by atoms with Gasteiger partial charge in [-0.1, -0.05) is 0 Å². The van der Waals surface area contributed by atoms with Crippen molar-refractivity contribution in [3.63, 3.8) is 0 Å². The van der Waals surface area contributed by atoms with Gasteiger partial charge in [-0.2, -0.15) is 0 Å². The minimum atomic E-state index is 0.779. The van der Waals surface area contributed by atoms with E-state index in [4.69, 9.17) is 0 Å². The molecule has 0 N–H and O–H groups in total. The van der Waals surface area contributed by atoms with Gasteiger partial charge in [0.05, 0.1) is 0 Å². The zero-order chi connectivity index (χ0) is 10.8. The molecule has 0 fully saturated rings. The molecule has 0 spiro atoms. The van der Waals surface area contributed by atoms with Gasteiger partial charge in [-0.25, -0.2) is 15.0 Å². The molecule has 0 amide bonds. The van der Waals surface area contributed by atoms with Crippen molar-refractivity contribution in [3.05, 3.63) is 24.3 Å². The molecule has 0 aliphatic heterocycles. The highest BCUT2D eigenvalue weighted by Crippen LogP contribution is 2.20. The number of aromatic nitrogens is 3. The lowest BCUT2D eigenvalue weighted by molar-refractivity contribution is 0.939. The quantitative estimate of drug-likeness (QED) is 0.744. The summed E-state index contributed by atoms with van der Waals surface area (Å²) in [4.78, 5) is 15.0. The largest absolute Gasteiger partial charge is 0.358 e. The average Bonchev–Trinajstić information content (AvgIpc) is 2.27. The minimum Gasteiger partial charge on any atom is -0.358 e. The van der Waals surface area contributed by atoms with Crippen LogP contribution in [0.1, 0.15) is 12.7 Å². The van der Waals surface area contributed by atoms with Crippen molar-refractivity contribution in [1.82, 2.24) is 15.0 Å². The topological polar surface area (TPSA) is 41.9 Å². The van der Waals surface area contributed by atoms with E-state index in [0.717, 1.165) is 29.1 Å². The van der Waals surface area contributed by atoms with Crippen LogP contribution in [0.4, 0.5) is 5.82 Å². The molecule has 0 bridgehead atoms. The summed E-state index contributed by atoms with van der Waals surface area (Å²) in [7, 11) is 2.01. The lowest BCUT2D eigenvalue weighted by atomic mass is 10.3. The molecule has 2 heterocycles. The van der Waals surface area contributed by atoms with Crippen molar-refractivity contribution >= 4 is 16.7 Å². The Bertz CT molecular complexity index is 481. The van der Waals surface area contributed by atoms with Crippen LogP contribution >= 0.6 is 0 Å². The summed E-state index contributed by atoms with van der Waals surface area (Å²) in [5, 5.41) is 1.03. The molecule has 0 aliphatic carbocycles. The predicted octanol–water partition coefficient (Wildman–Crippen LogP) is 1.79. The van der Waals surface area contributed by atoms with Gasteiger partial charge >= 0.3 is 0 Å². The number of fused-ring (bicyclic) bond motifs is 1. The first-order chi connectivity index (χ1) is 7.22. The Kier molecular flexibility index (Phi) is 2.49. The number of nitrogens with zero attached hydrogens (tertiary/aromatic N) is 4. The molecule has 0 unspecified atom stereocenters. The van der Waals surface area contributed by atoms with Gasteiger partial charge in [-0.05, 0) is 19.9 Å². The number of pyridine rings is 1. The Morgan fingerprint density at radius 2 is 2.13 bits per heavy atom. The summed E-state index contributed by atoms with van der Waals surface area (Å²) in [5.74, 6) is 1.70. The Labute approximate surface area is 89.0 Å². The first-order valence-corrected chi connectivity index (χ1v) is 5.02. The second-order valence-electron chi connectivity index (χ2n) is 3.50. The Balaban J connectivity index is 2.68. The molecule has 2 aromatic rings. The molecule has 78 valence electrons. The van der Waals surface area contributed by atoms with E-state index in [1.807, 2.05) is 26.2 Å². The summed E-state index contributed by atoms with van der Waals surface area (Å²) in [5.41, 5.74) is 0.925. The number of aryl methyl sites for hydroxylation is 1. The molecule has 2 aromatic heterocycles. The maximum atomic E-state index is 4.43. The smallest absolute Gasteiger partial charge is 0.154 e. The third kappa shape index (κ3) is 1.75. The molecular formula is C11H14N4. The molecule has 4 heteroatoms. The van der Waals surface area contributed by atoms with E-state index >= 15 is 0 Å². The summed E-state index contributed by atoms with van der Waals surface area (Å²) in [6.07, 6.45) is 3.63. The maximum Gasteiger partial charge on any atom is 0.154 e. The summed E-state index contributed by atoms with van der Waals surface area (Å²) in [6, 6.07) is 1.93. The van der Waals surface area contributed by atoms with Gasteiger partial charge in [-0.15, -0.1) is 0 Å². The molecule has 0 radical (unpaired) electrons. The van der Waals surface area contributed by atoms with Crippen LogP contribution in [0.2, 0.25) is 0 Å². The SMILES string of the molecule is CCN(C)c1nccc2cnc(C)nc12. The van der Waals surface area contributed by atoms with Crippen LogP contribution < -0.4 is 4.90 Å². The molecule has 0 saturated carbocycles. The molecular weight excluding hydrogens is 188 g/mol. The van der Waals surface area contributed by atoms with E-state index in [2.05, 4.69) is 26.8 Å². The fraction of sp³-hybridized carbons (Fsp3) is 0.364. The Morgan fingerprint density at radius 1 is 1.33 bits per heavy atom. The van der Waals surface area contributed by atoms with E-state index in [-0.39, 0.29) is 0 Å². The molecule has 0 aromatic carbocycles. The summed E-state index contributed by atoms with van der Waals surface area (Å²) >= 11 is 0. The number of rotatable bonds is 2. The van der Waals surface area contributed by atoms with E-state index < -0.39 is 0 Å². The van der Waals surface area contributed by atoms with Gasteiger partial charge in [0, 0.05) is 31.4 Å². The van der Waals surface area contributed by atoms with Crippen LogP contribution in [0.15, 0.2) is 18.5 Å². The Hall–Kier alpha value is -1.71. The highest BCUT2D eigenvalue weighted by atomic mass is 15.2. The number of hydrogen-bond acceptors (Lipinski definition) is 4. The van der Waals surface area contributed by atoms with Crippen molar-refractivity contribution in [2.45, 2.75) is 13.8 Å². The minimum absolute atomic E-state index is 0.779. The van der Waals surface area contributed by atoms with Crippen molar-refractivity contribution in [1.29, 1.82) is 0 Å². The van der Waals surface area contributed by atoms with E-state index in [0.29, 0.717) is 0 Å². The van der Waals surface area contributed by atoms with Crippen LogP contribution in [-0.4, -0.2) is 28.5 Å². The molecule has 0 aliphatic rings. The second-order valence-corrected chi connectivity index (χ2v) is 3.50. The zero-order valence-corrected chi connectivity index (χ0v) is 9.23. The molecule has 0 saturated heterocycles. The van der Waals surface area contributed by atoms with Crippen molar-refractivity contribution in [2.75, 3.05) is 18.5 Å². The van der Waals surface area contributed by atoms with Gasteiger partial charge in [0.1, 0.15) is 11.3 Å². The van der Waals surface area contributed by atoms with E-state index in [9.17, 15) is 0 Å². The van der Waals surface area contributed by atoms with Crippen molar-refractivity contribution in [3.8, 4) is 0 Å². The van der Waals surface area contributed by atoms with Crippen LogP contribution in [0.5, 0.6) is 0 Å². The predicted molar refractivity (Wildman–Crippen MR) is 61.0 cm³/mol. The monoisotopic (exact) mass is 202 g/mol. The van der Waals surface area contributed by atoms with Crippen LogP contribution in [-0.2, 0) is 0 Å². The molecule has 15 heavy (non-hydrogen) atoms. The van der Waals surface area contributed by atoms with E-state index in [1.54, 1.807) is 6.20 Å². The second kappa shape index (κ2) is 3.81. The van der Waals surface area contributed by atoms with Crippen molar-refractivity contribution < 1.29 is 0 Å². The van der Waals surface area contributed by atoms with Gasteiger partial charge < -0.3 is 4.90 Å². The maximum absolute atomic E-state index is 4.43. The summed E-state index contributed by atoms with van der Waals surface area (Å²) in [6.45, 7) is 4.89. The number of anilines is 1. The third-order valence-electron chi connectivity index (χ3n) is 2.44. The molecule has 2 rings (SSSR count). The van der Waals surface area contributed by atoms with Gasteiger partial charge in [0.2, 0.25) is 0 Å². The van der Waals surface area contributed by atoms with Crippen LogP contribution in [0.25, 0.3) is 10.9 Å². The van der Waals surface area contributed by atoms with Gasteiger partial charge in [0.25, 0.3) is 0 Å². The summed E-state index contributed by atoms with van der Waals surface area (Å²) < 4.78 is 0. The van der Waals surface area contributed by atoms with Gasteiger partial charge in [0.15, 0.2) is 5.82 Å². The lowest BCUT2D eigenvalue weighted by Gasteiger charge is -2.16.